The van der Waals surface area contributed by atoms with Crippen molar-refractivity contribution >= 4 is 6.21 Å². The Hall–Kier alpha value is -2.33. The summed E-state index contributed by atoms with van der Waals surface area (Å²) in [7, 11) is 0. The summed E-state index contributed by atoms with van der Waals surface area (Å²) >= 11 is 0. The van der Waals surface area contributed by atoms with E-state index in [1.807, 2.05) is 12.1 Å². The first-order chi connectivity index (χ1) is 9.77. The highest BCUT2D eigenvalue weighted by Crippen LogP contribution is 2.19. The molecule has 1 radical (unpaired) electrons. The normalized spacial score (nSPS) is 11.0. The average molecular weight is 268 g/mol. The van der Waals surface area contributed by atoms with Gasteiger partial charge in [-0.05, 0) is 23.8 Å². The van der Waals surface area contributed by atoms with E-state index in [1.54, 1.807) is 49.2 Å². The highest BCUT2D eigenvalue weighted by Gasteiger charge is 1.94. The number of nitrogens with zero attached hydrogens (tertiary/aromatic N) is 2. The molecule has 0 bridgehead atoms. The Labute approximate surface area is 118 Å². The molecule has 0 saturated heterocycles. The maximum atomic E-state index is 9.54. The predicted molar refractivity (Wildman–Crippen MR) is 80.3 cm³/mol. The second-order valence-corrected chi connectivity index (χ2v) is 4.19. The minimum Gasteiger partial charge on any atom is -0.655 e. The number of hydrogen-bond donors (Lipinski definition) is 2. The van der Waals surface area contributed by atoms with Crippen molar-refractivity contribution in [1.82, 2.24) is 0 Å². The fraction of sp³-hybridized carbons (Fsp3) is 0.125. The summed E-state index contributed by atoms with van der Waals surface area (Å²) in [6.45, 7) is 2.68. The van der Waals surface area contributed by atoms with Crippen LogP contribution in [0.15, 0.2) is 53.5 Å². The minimum absolute atomic E-state index is 0.217. The van der Waals surface area contributed by atoms with E-state index in [-0.39, 0.29) is 11.5 Å². The van der Waals surface area contributed by atoms with E-state index in [2.05, 4.69) is 10.3 Å². The fourth-order valence-corrected chi connectivity index (χ4v) is 1.63. The lowest BCUT2D eigenvalue weighted by Gasteiger charge is -2.18. The summed E-state index contributed by atoms with van der Waals surface area (Å²) in [6, 6.07) is 14.1. The molecule has 2 N–H and O–H groups in total. The third-order valence-electron chi connectivity index (χ3n) is 2.69. The van der Waals surface area contributed by atoms with Crippen LogP contribution in [0.25, 0.3) is 5.32 Å². The van der Waals surface area contributed by atoms with Crippen LogP contribution in [0.2, 0.25) is 0 Å². The molecule has 0 unspecified atom stereocenters. The van der Waals surface area contributed by atoms with E-state index in [4.69, 9.17) is 0 Å². The summed E-state index contributed by atoms with van der Waals surface area (Å²) in [5.41, 5.74) is 1.38. The third kappa shape index (κ3) is 4.10. The molecule has 0 aliphatic rings. The van der Waals surface area contributed by atoms with E-state index in [1.165, 1.54) is 0 Å². The van der Waals surface area contributed by atoms with Crippen molar-refractivity contribution in [2.75, 3.05) is 13.1 Å². The van der Waals surface area contributed by atoms with Crippen molar-refractivity contribution in [3.8, 4) is 11.5 Å². The first kappa shape index (κ1) is 14.1. The molecule has 0 aliphatic heterocycles. The van der Waals surface area contributed by atoms with Crippen LogP contribution in [0.3, 0.4) is 0 Å². The Balaban J connectivity index is 1.72. The zero-order valence-electron chi connectivity index (χ0n) is 11.0. The fourth-order valence-electron chi connectivity index (χ4n) is 1.63. The number of phenolic OH excluding ortho intramolecular Hbond substituents is 2. The number of phenols is 2. The van der Waals surface area contributed by atoms with Gasteiger partial charge in [0.05, 0.1) is 0 Å². The quantitative estimate of drug-likeness (QED) is 0.624. The molecule has 20 heavy (non-hydrogen) atoms. The lowest BCUT2D eigenvalue weighted by molar-refractivity contribution is 0.472. The molecule has 0 saturated carbocycles. The van der Waals surface area contributed by atoms with Crippen molar-refractivity contribution < 1.29 is 10.2 Å². The highest BCUT2D eigenvalue weighted by molar-refractivity contribution is 5.83. The third-order valence-corrected chi connectivity index (χ3v) is 2.69. The second kappa shape index (κ2) is 7.31. The molecular weight excluding hydrogens is 252 g/mol. The summed E-state index contributed by atoms with van der Waals surface area (Å²) in [6.07, 6.45) is 1.63. The number of aromatic hydroxyl groups is 2. The van der Waals surface area contributed by atoms with E-state index >= 15 is 0 Å². The molecule has 103 valence electrons. The SMILES string of the molecule is Oc1ccccc1[CH][N-]CCN=Cc1ccccc1O. The average Bonchev–Trinajstić information content (AvgIpc) is 2.46. The maximum Gasteiger partial charge on any atom is 0.124 e. The number of hydrogen-bond acceptors (Lipinski definition) is 3. The predicted octanol–water partition coefficient (Wildman–Crippen LogP) is 3.10. The first-order valence-corrected chi connectivity index (χ1v) is 6.33. The number of benzene rings is 2. The van der Waals surface area contributed by atoms with E-state index in [0.717, 1.165) is 0 Å². The van der Waals surface area contributed by atoms with Gasteiger partial charge >= 0.3 is 0 Å². The molecule has 4 nitrogen and oxygen atoms in total. The van der Waals surface area contributed by atoms with Gasteiger partial charge in [-0.15, -0.1) is 13.1 Å². The van der Waals surface area contributed by atoms with Crippen molar-refractivity contribution in [2.45, 2.75) is 0 Å². The van der Waals surface area contributed by atoms with Crippen molar-refractivity contribution in [3.05, 3.63) is 71.5 Å². The standard InChI is InChI=1S/C16H16N2O2/c19-15-7-3-1-5-13(15)11-17-9-10-18-12-14-6-2-4-8-16(14)20/h1-8,11-12,19-20H,9-10H2/q-1. The first-order valence-electron chi connectivity index (χ1n) is 6.33. The summed E-state index contributed by atoms with van der Waals surface area (Å²) in [5.74, 6) is 0.433. The molecule has 0 spiro atoms. The van der Waals surface area contributed by atoms with Crippen molar-refractivity contribution in [3.63, 3.8) is 0 Å². The number of aliphatic imine (C=N–C) groups is 1. The lowest BCUT2D eigenvalue weighted by atomic mass is 10.2. The summed E-state index contributed by atoms with van der Waals surface area (Å²) < 4.78 is 0. The van der Waals surface area contributed by atoms with Crippen LogP contribution < -0.4 is 0 Å². The zero-order chi connectivity index (χ0) is 14.2. The molecule has 2 aromatic carbocycles. The van der Waals surface area contributed by atoms with Gasteiger partial charge in [0.2, 0.25) is 0 Å². The van der Waals surface area contributed by atoms with Crippen LogP contribution in [0.1, 0.15) is 11.1 Å². The molecular formula is C16H16N2O2-. The molecule has 4 heteroatoms. The van der Waals surface area contributed by atoms with Crippen LogP contribution >= 0.6 is 0 Å². The molecule has 2 rings (SSSR count). The van der Waals surface area contributed by atoms with Crippen LogP contribution in [-0.2, 0) is 0 Å². The van der Waals surface area contributed by atoms with Crippen molar-refractivity contribution in [2.24, 2.45) is 4.99 Å². The van der Waals surface area contributed by atoms with Crippen LogP contribution in [0.5, 0.6) is 11.5 Å². The molecule has 0 atom stereocenters. The van der Waals surface area contributed by atoms with Gasteiger partial charge in [0.15, 0.2) is 0 Å². The maximum absolute atomic E-state index is 9.54. The monoisotopic (exact) mass is 268 g/mol. The molecule has 2 aromatic rings. The van der Waals surface area contributed by atoms with Gasteiger partial charge in [0, 0.05) is 18.3 Å². The Kier molecular flexibility index (Phi) is 5.15. The molecule has 0 aromatic heterocycles. The van der Waals surface area contributed by atoms with Crippen LogP contribution in [-0.4, -0.2) is 29.5 Å². The van der Waals surface area contributed by atoms with E-state index < -0.39 is 0 Å². The van der Waals surface area contributed by atoms with E-state index in [0.29, 0.717) is 24.2 Å². The van der Waals surface area contributed by atoms with Gasteiger partial charge in [-0.2, -0.15) is 0 Å². The topological polar surface area (TPSA) is 66.9 Å². The van der Waals surface area contributed by atoms with Crippen molar-refractivity contribution in [1.29, 1.82) is 0 Å². The highest BCUT2D eigenvalue weighted by atomic mass is 16.3. The van der Waals surface area contributed by atoms with Gasteiger partial charge in [0.25, 0.3) is 0 Å². The van der Waals surface area contributed by atoms with Crippen LogP contribution in [0.4, 0.5) is 0 Å². The molecule has 0 fully saturated rings. The minimum atomic E-state index is 0.217. The van der Waals surface area contributed by atoms with Gasteiger partial charge in [0.1, 0.15) is 11.5 Å². The Morgan fingerprint density at radius 1 is 0.900 bits per heavy atom. The summed E-state index contributed by atoms with van der Waals surface area (Å²) in [4.78, 5) is 4.19. The van der Waals surface area contributed by atoms with Gasteiger partial charge < -0.3 is 15.5 Å². The summed E-state index contributed by atoms with van der Waals surface area (Å²) in [5, 5.41) is 23.3. The molecule has 0 amide bonds. The van der Waals surface area contributed by atoms with E-state index in [9.17, 15) is 10.2 Å². The zero-order valence-corrected chi connectivity index (χ0v) is 11.0. The smallest absolute Gasteiger partial charge is 0.124 e. The molecule has 0 heterocycles. The Morgan fingerprint density at radius 3 is 2.15 bits per heavy atom. The van der Waals surface area contributed by atoms with Crippen LogP contribution in [0, 0.1) is 6.54 Å². The van der Waals surface area contributed by atoms with Gasteiger partial charge in [-0.25, -0.2) is 0 Å². The second-order valence-electron chi connectivity index (χ2n) is 4.19. The number of rotatable bonds is 6. The lowest BCUT2D eigenvalue weighted by Crippen LogP contribution is -1.92. The van der Waals surface area contributed by atoms with Gasteiger partial charge in [-0.3, -0.25) is 4.99 Å². The number of para-hydroxylation sites is 2. The van der Waals surface area contributed by atoms with Gasteiger partial charge in [-0.1, -0.05) is 30.3 Å². The molecule has 0 aliphatic carbocycles. The largest absolute Gasteiger partial charge is 0.655 e. The Bertz CT molecular complexity index is 582. The Morgan fingerprint density at radius 2 is 1.50 bits per heavy atom.